The molecular formula is C17H19BrN2S. The number of halogens is 1. The molecule has 21 heavy (non-hydrogen) atoms. The van der Waals surface area contributed by atoms with Crippen molar-refractivity contribution in [1.29, 1.82) is 0 Å². The second kappa shape index (κ2) is 5.49. The van der Waals surface area contributed by atoms with Crippen LogP contribution in [0.4, 0.5) is 0 Å². The maximum absolute atomic E-state index is 4.99. The average Bonchev–Trinajstić information content (AvgIpc) is 3.36. The van der Waals surface area contributed by atoms with E-state index in [-0.39, 0.29) is 0 Å². The van der Waals surface area contributed by atoms with Gasteiger partial charge in [-0.2, -0.15) is 0 Å². The lowest BCUT2D eigenvalue weighted by Gasteiger charge is -2.02. The highest BCUT2D eigenvalue weighted by molar-refractivity contribution is 9.10. The summed E-state index contributed by atoms with van der Waals surface area (Å²) in [6.45, 7) is 3.17. The van der Waals surface area contributed by atoms with Crippen LogP contribution in [-0.4, -0.2) is 11.0 Å². The molecule has 2 aliphatic carbocycles. The molecule has 0 atom stereocenters. The van der Waals surface area contributed by atoms with Gasteiger partial charge in [0, 0.05) is 33.4 Å². The summed E-state index contributed by atoms with van der Waals surface area (Å²) in [5.74, 6) is 0.724. The standard InChI is InChI=1S/C17H19BrN2S/c1-10-8-12(18)4-7-14(10)17-20-16(11-2-3-11)15(21-17)9-19-13-5-6-13/h4,7-8,11,13,19H,2-3,5-6,9H2,1H3. The number of benzene rings is 1. The Bertz CT molecular complexity index is 671. The topological polar surface area (TPSA) is 24.9 Å². The van der Waals surface area contributed by atoms with Gasteiger partial charge in [-0.3, -0.25) is 0 Å². The fourth-order valence-electron chi connectivity index (χ4n) is 2.67. The molecule has 2 fully saturated rings. The van der Waals surface area contributed by atoms with Gasteiger partial charge in [0.25, 0.3) is 0 Å². The molecule has 2 aromatic rings. The third-order valence-corrected chi connectivity index (χ3v) is 5.84. The van der Waals surface area contributed by atoms with E-state index in [0.29, 0.717) is 0 Å². The van der Waals surface area contributed by atoms with Crippen molar-refractivity contribution < 1.29 is 0 Å². The zero-order chi connectivity index (χ0) is 14.4. The zero-order valence-corrected chi connectivity index (χ0v) is 14.6. The summed E-state index contributed by atoms with van der Waals surface area (Å²) in [6.07, 6.45) is 5.32. The van der Waals surface area contributed by atoms with Crippen LogP contribution < -0.4 is 5.32 Å². The number of rotatable bonds is 5. The van der Waals surface area contributed by atoms with Gasteiger partial charge in [-0.15, -0.1) is 11.3 Å². The lowest BCUT2D eigenvalue weighted by molar-refractivity contribution is 0.688. The first-order chi connectivity index (χ1) is 10.2. The molecule has 0 saturated heterocycles. The molecule has 1 aromatic carbocycles. The molecular weight excluding hydrogens is 344 g/mol. The van der Waals surface area contributed by atoms with Crippen molar-refractivity contribution in [1.82, 2.24) is 10.3 Å². The van der Waals surface area contributed by atoms with E-state index in [0.717, 1.165) is 23.0 Å². The number of aryl methyl sites for hydroxylation is 1. The normalized spacial score (nSPS) is 18.2. The number of hydrogen-bond acceptors (Lipinski definition) is 3. The molecule has 0 amide bonds. The minimum Gasteiger partial charge on any atom is -0.309 e. The minimum atomic E-state index is 0.724. The first-order valence-electron chi connectivity index (χ1n) is 7.70. The Morgan fingerprint density at radius 2 is 2.10 bits per heavy atom. The molecule has 1 heterocycles. The Labute approximate surface area is 138 Å². The summed E-state index contributed by atoms with van der Waals surface area (Å²) in [7, 11) is 0. The highest BCUT2D eigenvalue weighted by Gasteiger charge is 2.30. The van der Waals surface area contributed by atoms with Gasteiger partial charge < -0.3 is 5.32 Å². The molecule has 110 valence electrons. The van der Waals surface area contributed by atoms with E-state index in [2.05, 4.69) is 46.4 Å². The predicted molar refractivity (Wildman–Crippen MR) is 91.8 cm³/mol. The van der Waals surface area contributed by atoms with Crippen LogP contribution >= 0.6 is 27.3 Å². The summed E-state index contributed by atoms with van der Waals surface area (Å²) in [6, 6.07) is 7.24. The van der Waals surface area contributed by atoms with E-state index < -0.39 is 0 Å². The van der Waals surface area contributed by atoms with Gasteiger partial charge in [0.05, 0.1) is 5.69 Å². The van der Waals surface area contributed by atoms with E-state index in [1.54, 1.807) is 0 Å². The summed E-state index contributed by atoms with van der Waals surface area (Å²) >= 11 is 5.42. The molecule has 0 aliphatic heterocycles. The van der Waals surface area contributed by atoms with Crippen LogP contribution in [0.25, 0.3) is 10.6 Å². The Hall–Kier alpha value is -0.710. The van der Waals surface area contributed by atoms with Gasteiger partial charge in [-0.1, -0.05) is 22.0 Å². The van der Waals surface area contributed by atoms with Crippen LogP contribution in [0.15, 0.2) is 22.7 Å². The van der Waals surface area contributed by atoms with Crippen LogP contribution in [-0.2, 0) is 6.54 Å². The van der Waals surface area contributed by atoms with Gasteiger partial charge in [0.15, 0.2) is 0 Å². The number of hydrogen-bond donors (Lipinski definition) is 1. The maximum Gasteiger partial charge on any atom is 0.124 e. The Kier molecular flexibility index (Phi) is 3.64. The highest BCUT2D eigenvalue weighted by Crippen LogP contribution is 2.44. The zero-order valence-electron chi connectivity index (χ0n) is 12.2. The van der Waals surface area contributed by atoms with Crippen molar-refractivity contribution in [3.8, 4) is 10.6 Å². The first kappa shape index (κ1) is 13.9. The monoisotopic (exact) mass is 362 g/mol. The Morgan fingerprint density at radius 3 is 2.76 bits per heavy atom. The molecule has 2 aliphatic rings. The second-order valence-electron chi connectivity index (χ2n) is 6.22. The van der Waals surface area contributed by atoms with Crippen molar-refractivity contribution >= 4 is 27.3 Å². The minimum absolute atomic E-state index is 0.724. The van der Waals surface area contributed by atoms with Crippen molar-refractivity contribution in [2.24, 2.45) is 0 Å². The molecule has 1 aromatic heterocycles. The Morgan fingerprint density at radius 1 is 1.29 bits per heavy atom. The van der Waals surface area contributed by atoms with Crippen molar-refractivity contribution in [2.45, 2.75) is 51.1 Å². The van der Waals surface area contributed by atoms with E-state index >= 15 is 0 Å². The van der Waals surface area contributed by atoms with E-state index in [4.69, 9.17) is 4.98 Å². The van der Waals surface area contributed by atoms with Gasteiger partial charge in [0.1, 0.15) is 5.01 Å². The van der Waals surface area contributed by atoms with Gasteiger partial charge in [0.2, 0.25) is 0 Å². The maximum atomic E-state index is 4.99. The molecule has 0 spiro atoms. The first-order valence-corrected chi connectivity index (χ1v) is 9.31. The summed E-state index contributed by atoms with van der Waals surface area (Å²) in [5, 5.41) is 4.84. The summed E-state index contributed by atoms with van der Waals surface area (Å²) in [4.78, 5) is 6.45. The van der Waals surface area contributed by atoms with Gasteiger partial charge in [-0.25, -0.2) is 4.98 Å². The lowest BCUT2D eigenvalue weighted by atomic mass is 10.1. The van der Waals surface area contributed by atoms with Crippen LogP contribution in [0.1, 0.15) is 47.7 Å². The van der Waals surface area contributed by atoms with E-state index in [1.807, 2.05) is 11.3 Å². The van der Waals surface area contributed by atoms with Gasteiger partial charge in [-0.05, 0) is 50.3 Å². The van der Waals surface area contributed by atoms with Crippen LogP contribution in [0.3, 0.4) is 0 Å². The summed E-state index contributed by atoms with van der Waals surface area (Å²) < 4.78 is 1.14. The quantitative estimate of drug-likeness (QED) is 0.808. The molecule has 0 unspecified atom stereocenters. The number of aromatic nitrogens is 1. The largest absolute Gasteiger partial charge is 0.309 e. The molecule has 2 saturated carbocycles. The van der Waals surface area contributed by atoms with Gasteiger partial charge >= 0.3 is 0 Å². The SMILES string of the molecule is Cc1cc(Br)ccc1-c1nc(C2CC2)c(CNC2CC2)s1. The molecule has 4 heteroatoms. The van der Waals surface area contributed by atoms with Crippen molar-refractivity contribution in [3.05, 3.63) is 38.8 Å². The third kappa shape index (κ3) is 3.08. The number of nitrogens with zero attached hydrogens (tertiary/aromatic N) is 1. The molecule has 2 nitrogen and oxygen atoms in total. The van der Waals surface area contributed by atoms with Crippen LogP contribution in [0, 0.1) is 6.92 Å². The highest BCUT2D eigenvalue weighted by atomic mass is 79.9. The smallest absolute Gasteiger partial charge is 0.124 e. The van der Waals surface area contributed by atoms with Crippen LogP contribution in [0.5, 0.6) is 0 Å². The third-order valence-electron chi connectivity index (χ3n) is 4.24. The van der Waals surface area contributed by atoms with E-state index in [1.165, 1.54) is 52.4 Å². The molecule has 4 rings (SSSR count). The lowest BCUT2D eigenvalue weighted by Crippen LogP contribution is -2.15. The van der Waals surface area contributed by atoms with Crippen LogP contribution in [0.2, 0.25) is 0 Å². The average molecular weight is 363 g/mol. The molecule has 1 N–H and O–H groups in total. The predicted octanol–water partition coefficient (Wildman–Crippen LogP) is 5.01. The number of thiazole rings is 1. The molecule has 0 bridgehead atoms. The Balaban J connectivity index is 1.66. The fraction of sp³-hybridized carbons (Fsp3) is 0.471. The van der Waals surface area contributed by atoms with Crippen molar-refractivity contribution in [2.75, 3.05) is 0 Å². The fourth-order valence-corrected chi connectivity index (χ4v) is 4.34. The second-order valence-corrected chi connectivity index (χ2v) is 8.22. The summed E-state index contributed by atoms with van der Waals surface area (Å²) in [5.41, 5.74) is 3.94. The van der Waals surface area contributed by atoms with Crippen molar-refractivity contribution in [3.63, 3.8) is 0 Å². The molecule has 0 radical (unpaired) electrons. The number of nitrogens with one attached hydrogen (secondary N) is 1. The van der Waals surface area contributed by atoms with E-state index in [9.17, 15) is 0 Å².